The molecule has 0 unspecified atom stereocenters. The number of aromatic nitrogens is 1. The summed E-state index contributed by atoms with van der Waals surface area (Å²) in [6, 6.07) is 7.09. The van der Waals surface area contributed by atoms with E-state index < -0.39 is 10.0 Å². The van der Waals surface area contributed by atoms with E-state index in [0.717, 1.165) is 11.1 Å². The molecule has 0 radical (unpaired) electrons. The van der Waals surface area contributed by atoms with Crippen LogP contribution in [0.25, 0.3) is 0 Å². The van der Waals surface area contributed by atoms with Crippen LogP contribution in [0.5, 0.6) is 11.5 Å². The molecule has 1 aromatic heterocycles. The van der Waals surface area contributed by atoms with Crippen molar-refractivity contribution in [2.75, 3.05) is 33.1 Å². The molecule has 0 saturated carbocycles. The van der Waals surface area contributed by atoms with E-state index in [1.165, 1.54) is 10.5 Å². The molecule has 0 bridgehead atoms. The first-order chi connectivity index (χ1) is 13.9. The summed E-state index contributed by atoms with van der Waals surface area (Å²) in [5.41, 5.74) is 2.44. The maximum atomic E-state index is 12.7. The van der Waals surface area contributed by atoms with Crippen molar-refractivity contribution in [3.05, 3.63) is 53.3 Å². The van der Waals surface area contributed by atoms with E-state index in [1.54, 1.807) is 32.5 Å². The molecule has 1 aliphatic heterocycles. The van der Waals surface area contributed by atoms with Crippen LogP contribution in [0.3, 0.4) is 0 Å². The van der Waals surface area contributed by atoms with Crippen molar-refractivity contribution >= 4 is 15.9 Å². The van der Waals surface area contributed by atoms with Crippen LogP contribution in [0.1, 0.15) is 27.9 Å². The van der Waals surface area contributed by atoms with Crippen LogP contribution in [-0.4, -0.2) is 56.7 Å². The number of nitrogens with zero attached hydrogens (tertiary/aromatic N) is 2. The lowest BCUT2D eigenvalue weighted by atomic mass is 10.0. The first-order valence-electron chi connectivity index (χ1n) is 9.34. The summed E-state index contributed by atoms with van der Waals surface area (Å²) in [6.45, 7) is 1.01. The number of nitrogens with one attached hydrogen (secondary N) is 1. The molecule has 0 atom stereocenters. The molecule has 156 valence electrons. The average molecular weight is 420 g/mol. The molecule has 0 spiro atoms. The Morgan fingerprint density at radius 3 is 2.59 bits per heavy atom. The average Bonchev–Trinajstić information content (AvgIpc) is 2.75. The number of sulfonamides is 1. The Bertz CT molecular complexity index is 964. The number of methoxy groups -OCH3 is 2. The van der Waals surface area contributed by atoms with Crippen molar-refractivity contribution in [1.29, 1.82) is 0 Å². The van der Waals surface area contributed by atoms with E-state index in [-0.39, 0.29) is 18.2 Å². The van der Waals surface area contributed by atoms with E-state index in [1.807, 2.05) is 12.1 Å². The highest BCUT2D eigenvalue weighted by Crippen LogP contribution is 2.33. The fraction of sp³-hybridized carbons (Fsp3) is 0.400. The third-order valence-electron chi connectivity index (χ3n) is 4.86. The van der Waals surface area contributed by atoms with Crippen LogP contribution in [-0.2, 0) is 23.0 Å². The number of fused-ring (bicyclic) bond motifs is 1. The molecular formula is C20H25N3O5S. The smallest absolute Gasteiger partial charge is 0.252 e. The van der Waals surface area contributed by atoms with Crippen LogP contribution in [0.2, 0.25) is 0 Å². The van der Waals surface area contributed by atoms with Gasteiger partial charge in [-0.3, -0.25) is 9.78 Å². The number of carbonyl (C=O) groups excluding carboxylic acids is 1. The van der Waals surface area contributed by atoms with E-state index in [9.17, 15) is 13.2 Å². The number of carbonyl (C=O) groups is 1. The maximum absolute atomic E-state index is 12.7. The molecule has 8 nitrogen and oxygen atoms in total. The highest BCUT2D eigenvalue weighted by atomic mass is 32.2. The number of amides is 1. The Balaban J connectivity index is 1.56. The zero-order valence-electron chi connectivity index (χ0n) is 16.6. The van der Waals surface area contributed by atoms with Crippen molar-refractivity contribution in [3.63, 3.8) is 0 Å². The van der Waals surface area contributed by atoms with Crippen molar-refractivity contribution in [2.24, 2.45) is 0 Å². The summed E-state index contributed by atoms with van der Waals surface area (Å²) in [5.74, 6) is 0.946. The van der Waals surface area contributed by atoms with Gasteiger partial charge in [0.15, 0.2) is 11.5 Å². The van der Waals surface area contributed by atoms with Gasteiger partial charge >= 0.3 is 0 Å². The Labute approximate surface area is 170 Å². The summed E-state index contributed by atoms with van der Waals surface area (Å²) < 4.78 is 37.6. The zero-order valence-corrected chi connectivity index (χ0v) is 17.4. The minimum Gasteiger partial charge on any atom is -0.493 e. The van der Waals surface area contributed by atoms with Gasteiger partial charge in [0.2, 0.25) is 10.0 Å². The summed E-state index contributed by atoms with van der Waals surface area (Å²) in [4.78, 5) is 15.9. The van der Waals surface area contributed by atoms with Gasteiger partial charge in [-0.05, 0) is 48.2 Å². The minimum absolute atomic E-state index is 0.0249. The zero-order chi connectivity index (χ0) is 20.9. The number of rotatable bonds is 8. The van der Waals surface area contributed by atoms with Crippen LogP contribution in [0, 0.1) is 0 Å². The lowest BCUT2D eigenvalue weighted by Crippen LogP contribution is -2.38. The van der Waals surface area contributed by atoms with Gasteiger partial charge in [-0.2, -0.15) is 4.31 Å². The first-order valence-corrected chi connectivity index (χ1v) is 11.0. The molecule has 1 amide bonds. The van der Waals surface area contributed by atoms with E-state index >= 15 is 0 Å². The van der Waals surface area contributed by atoms with Crippen LogP contribution in [0.4, 0.5) is 0 Å². The lowest BCUT2D eigenvalue weighted by molar-refractivity contribution is 0.0953. The number of benzene rings is 1. The number of hydrogen-bond acceptors (Lipinski definition) is 6. The van der Waals surface area contributed by atoms with Gasteiger partial charge in [0.25, 0.3) is 5.91 Å². The van der Waals surface area contributed by atoms with Gasteiger partial charge in [0.05, 0.1) is 25.5 Å². The standard InChI is InChI=1S/C20H25N3O5S/c1-27-18-11-15-6-9-23(14-17(15)12-19(18)28-2)29(25,26)10-4-8-22-20(24)16-5-3-7-21-13-16/h3,5,7,11-13H,4,6,8-10,14H2,1-2H3,(H,22,24). The van der Waals surface area contributed by atoms with Crippen molar-refractivity contribution in [3.8, 4) is 11.5 Å². The van der Waals surface area contributed by atoms with Crippen LogP contribution in [0.15, 0.2) is 36.7 Å². The third-order valence-corrected chi connectivity index (χ3v) is 6.77. The molecule has 1 N–H and O–H groups in total. The molecule has 1 aliphatic rings. The summed E-state index contributed by atoms with van der Waals surface area (Å²) in [7, 11) is -0.289. The normalized spacial score (nSPS) is 14.1. The molecule has 2 heterocycles. The first kappa shape index (κ1) is 21.1. The monoisotopic (exact) mass is 419 g/mol. The number of hydrogen-bond donors (Lipinski definition) is 1. The molecule has 29 heavy (non-hydrogen) atoms. The van der Waals surface area contributed by atoms with Gasteiger partial charge in [-0.15, -0.1) is 0 Å². The lowest BCUT2D eigenvalue weighted by Gasteiger charge is -2.29. The molecule has 0 fully saturated rings. The van der Waals surface area contributed by atoms with Crippen molar-refractivity contribution in [2.45, 2.75) is 19.4 Å². The molecule has 3 rings (SSSR count). The second-order valence-corrected chi connectivity index (χ2v) is 8.82. The van der Waals surface area contributed by atoms with Crippen LogP contribution >= 0.6 is 0 Å². The quantitative estimate of drug-likeness (QED) is 0.653. The maximum Gasteiger partial charge on any atom is 0.252 e. The van der Waals surface area contributed by atoms with Gasteiger partial charge in [0, 0.05) is 32.0 Å². The van der Waals surface area contributed by atoms with Crippen LogP contribution < -0.4 is 14.8 Å². The molecule has 1 aromatic carbocycles. The minimum atomic E-state index is -3.43. The van der Waals surface area contributed by atoms with Crippen molar-refractivity contribution < 1.29 is 22.7 Å². The molecule has 0 saturated heterocycles. The van der Waals surface area contributed by atoms with E-state index in [0.29, 0.717) is 43.0 Å². The summed E-state index contributed by atoms with van der Waals surface area (Å²) in [6.07, 6.45) is 4.02. The third kappa shape index (κ3) is 5.04. The fourth-order valence-electron chi connectivity index (χ4n) is 3.28. The highest BCUT2D eigenvalue weighted by molar-refractivity contribution is 7.89. The Hall–Kier alpha value is -2.65. The SMILES string of the molecule is COc1cc2c(cc1OC)CN(S(=O)(=O)CCCNC(=O)c1cccnc1)CC2. The predicted octanol–water partition coefficient (Wildman–Crippen LogP) is 1.61. The van der Waals surface area contributed by atoms with Crippen molar-refractivity contribution in [1.82, 2.24) is 14.6 Å². The summed E-state index contributed by atoms with van der Waals surface area (Å²) >= 11 is 0. The topological polar surface area (TPSA) is 97.8 Å². The molecule has 0 aliphatic carbocycles. The number of ether oxygens (including phenoxy) is 2. The summed E-state index contributed by atoms with van der Waals surface area (Å²) in [5, 5.41) is 2.73. The number of pyridine rings is 1. The fourth-order valence-corrected chi connectivity index (χ4v) is 4.75. The van der Waals surface area contributed by atoms with E-state index in [2.05, 4.69) is 10.3 Å². The Kier molecular flexibility index (Phi) is 6.71. The van der Waals surface area contributed by atoms with Gasteiger partial charge in [0.1, 0.15) is 0 Å². The van der Waals surface area contributed by atoms with E-state index in [4.69, 9.17) is 9.47 Å². The highest BCUT2D eigenvalue weighted by Gasteiger charge is 2.27. The Morgan fingerprint density at radius 1 is 1.21 bits per heavy atom. The molecule has 9 heteroatoms. The molecular weight excluding hydrogens is 394 g/mol. The Morgan fingerprint density at radius 2 is 1.93 bits per heavy atom. The molecule has 2 aromatic rings. The van der Waals surface area contributed by atoms with Gasteiger partial charge < -0.3 is 14.8 Å². The largest absolute Gasteiger partial charge is 0.493 e. The second-order valence-electron chi connectivity index (χ2n) is 6.73. The second kappa shape index (κ2) is 9.23. The predicted molar refractivity (Wildman–Crippen MR) is 109 cm³/mol. The van der Waals surface area contributed by atoms with Gasteiger partial charge in [-0.25, -0.2) is 8.42 Å². The van der Waals surface area contributed by atoms with Gasteiger partial charge in [-0.1, -0.05) is 0 Å².